The molecule has 0 spiro atoms. The summed E-state index contributed by atoms with van der Waals surface area (Å²) in [6.45, 7) is 5.90. The van der Waals surface area contributed by atoms with Crippen LogP contribution in [0.3, 0.4) is 0 Å². The van der Waals surface area contributed by atoms with Crippen LogP contribution in [0.15, 0.2) is 48.5 Å². The Morgan fingerprint density at radius 2 is 1.58 bits per heavy atom. The van der Waals surface area contributed by atoms with E-state index in [2.05, 4.69) is 36.7 Å². The van der Waals surface area contributed by atoms with Crippen LogP contribution in [0.2, 0.25) is 0 Å². The predicted molar refractivity (Wildman–Crippen MR) is 138 cm³/mol. The third-order valence-corrected chi connectivity index (χ3v) is 6.13. The normalized spacial score (nSPS) is 13.6. The molecule has 1 aliphatic carbocycles. The van der Waals surface area contributed by atoms with Crippen LogP contribution in [-0.2, 0) is 19.7 Å². The fourth-order valence-electron chi connectivity index (χ4n) is 4.03. The zero-order valence-electron chi connectivity index (χ0n) is 21.2. The molecule has 1 aliphatic rings. The van der Waals surface area contributed by atoms with Crippen molar-refractivity contribution >= 4 is 29.4 Å². The van der Waals surface area contributed by atoms with E-state index in [1.54, 1.807) is 36.4 Å². The summed E-state index contributed by atoms with van der Waals surface area (Å²) < 4.78 is 5.02. The lowest BCUT2D eigenvalue weighted by atomic mass is 9.87. The quantitative estimate of drug-likeness (QED) is 0.458. The first-order valence-corrected chi connectivity index (χ1v) is 12.4. The smallest absolute Gasteiger partial charge is 0.308 e. The van der Waals surface area contributed by atoms with Gasteiger partial charge in [0.05, 0.1) is 17.7 Å². The molecule has 0 radical (unpaired) electrons. The Bertz CT molecular complexity index is 1080. The zero-order valence-corrected chi connectivity index (χ0v) is 21.2. The van der Waals surface area contributed by atoms with Gasteiger partial charge in [0.25, 0.3) is 17.7 Å². The fraction of sp³-hybridized carbons (Fsp3) is 0.429. The number of benzene rings is 2. The van der Waals surface area contributed by atoms with Crippen molar-refractivity contribution in [3.63, 3.8) is 0 Å². The van der Waals surface area contributed by atoms with Crippen LogP contribution in [-0.4, -0.2) is 42.9 Å². The van der Waals surface area contributed by atoms with Crippen molar-refractivity contribution in [2.45, 2.75) is 64.3 Å². The molecular weight excluding hydrogens is 458 g/mol. The molecule has 2 aromatic carbocycles. The molecule has 1 fully saturated rings. The summed E-state index contributed by atoms with van der Waals surface area (Å²) in [4.78, 5) is 49.3. The van der Waals surface area contributed by atoms with E-state index < -0.39 is 18.5 Å². The molecule has 8 nitrogen and oxygen atoms in total. The SMILES string of the molecule is CC(C)(C)c1ccc(C(=O)NCCC(=O)OCC(=O)Nc2ccccc2C(=O)NC2CCCC2)cc1. The van der Waals surface area contributed by atoms with Crippen LogP contribution in [0.1, 0.15) is 79.2 Å². The molecule has 1 saturated carbocycles. The molecule has 8 heteroatoms. The Morgan fingerprint density at radius 3 is 2.25 bits per heavy atom. The minimum Gasteiger partial charge on any atom is -0.456 e. The fourth-order valence-corrected chi connectivity index (χ4v) is 4.03. The van der Waals surface area contributed by atoms with E-state index in [1.807, 2.05) is 12.1 Å². The Balaban J connectivity index is 1.40. The van der Waals surface area contributed by atoms with Gasteiger partial charge in [-0.25, -0.2) is 0 Å². The van der Waals surface area contributed by atoms with E-state index in [-0.39, 0.29) is 36.2 Å². The van der Waals surface area contributed by atoms with Crippen molar-refractivity contribution in [2.24, 2.45) is 0 Å². The van der Waals surface area contributed by atoms with Crippen molar-refractivity contribution in [3.05, 3.63) is 65.2 Å². The number of carbonyl (C=O) groups excluding carboxylic acids is 4. The molecule has 0 heterocycles. The van der Waals surface area contributed by atoms with Crippen molar-refractivity contribution in [2.75, 3.05) is 18.5 Å². The Labute approximate surface area is 212 Å². The summed E-state index contributed by atoms with van der Waals surface area (Å²) in [6, 6.07) is 14.2. The number of nitrogens with one attached hydrogen (secondary N) is 3. The van der Waals surface area contributed by atoms with Crippen molar-refractivity contribution in [1.29, 1.82) is 0 Å². The molecular formula is C28H35N3O5. The third-order valence-electron chi connectivity index (χ3n) is 6.13. The van der Waals surface area contributed by atoms with Crippen molar-refractivity contribution in [1.82, 2.24) is 10.6 Å². The first-order valence-electron chi connectivity index (χ1n) is 12.4. The number of rotatable bonds is 9. The van der Waals surface area contributed by atoms with Gasteiger partial charge in [0.2, 0.25) is 0 Å². The zero-order chi connectivity index (χ0) is 26.1. The number of esters is 1. The maximum Gasteiger partial charge on any atom is 0.308 e. The van der Waals surface area contributed by atoms with E-state index in [1.165, 1.54) is 0 Å². The molecule has 3 N–H and O–H groups in total. The molecule has 0 aromatic heterocycles. The first kappa shape index (κ1) is 26.9. The van der Waals surface area contributed by atoms with Gasteiger partial charge in [-0.3, -0.25) is 19.2 Å². The first-order chi connectivity index (χ1) is 17.1. The minimum atomic E-state index is -0.610. The lowest BCUT2D eigenvalue weighted by molar-refractivity contribution is -0.147. The molecule has 0 saturated heterocycles. The van der Waals surface area contributed by atoms with E-state index in [9.17, 15) is 19.2 Å². The monoisotopic (exact) mass is 493 g/mol. The van der Waals surface area contributed by atoms with E-state index in [4.69, 9.17) is 4.74 Å². The van der Waals surface area contributed by atoms with Crippen molar-refractivity contribution in [3.8, 4) is 0 Å². The van der Waals surface area contributed by atoms with Crippen LogP contribution >= 0.6 is 0 Å². The topological polar surface area (TPSA) is 114 Å². The summed E-state index contributed by atoms with van der Waals surface area (Å²) in [5.41, 5.74) is 2.35. The number of para-hydroxylation sites is 1. The van der Waals surface area contributed by atoms with Gasteiger partial charge in [-0.2, -0.15) is 0 Å². The number of hydrogen-bond acceptors (Lipinski definition) is 5. The highest BCUT2D eigenvalue weighted by Crippen LogP contribution is 2.22. The predicted octanol–water partition coefficient (Wildman–Crippen LogP) is 3.96. The average molecular weight is 494 g/mol. The highest BCUT2D eigenvalue weighted by Gasteiger charge is 2.20. The van der Waals surface area contributed by atoms with E-state index in [0.717, 1.165) is 31.2 Å². The summed E-state index contributed by atoms with van der Waals surface area (Å²) in [5.74, 6) is -1.68. The maximum atomic E-state index is 12.6. The molecule has 0 aliphatic heterocycles. The van der Waals surface area contributed by atoms with Crippen LogP contribution in [0.25, 0.3) is 0 Å². The Hall–Kier alpha value is -3.68. The largest absolute Gasteiger partial charge is 0.456 e. The molecule has 3 rings (SSSR count). The third kappa shape index (κ3) is 7.93. The Morgan fingerprint density at radius 1 is 0.917 bits per heavy atom. The van der Waals surface area contributed by atoms with Gasteiger partial charge in [-0.1, -0.05) is 57.9 Å². The number of ether oxygens (including phenoxy) is 1. The summed E-state index contributed by atoms with van der Waals surface area (Å²) in [5, 5.41) is 8.32. The lowest BCUT2D eigenvalue weighted by Gasteiger charge is -2.19. The number of amides is 3. The molecule has 192 valence electrons. The van der Waals surface area contributed by atoms with Crippen LogP contribution < -0.4 is 16.0 Å². The molecule has 0 unspecified atom stereocenters. The standard InChI is InChI=1S/C28H35N3O5/c1-28(2,3)20-14-12-19(13-15-20)26(34)29-17-16-25(33)36-18-24(32)31-23-11-7-6-10-22(23)27(35)30-21-8-4-5-9-21/h6-7,10-15,21H,4-5,8-9,16-18H2,1-3H3,(H,29,34)(H,30,35)(H,31,32). The van der Waals surface area contributed by atoms with Gasteiger partial charge in [0.1, 0.15) is 0 Å². The van der Waals surface area contributed by atoms with E-state index >= 15 is 0 Å². The van der Waals surface area contributed by atoms with Gasteiger partial charge in [0.15, 0.2) is 6.61 Å². The highest BCUT2D eigenvalue weighted by molar-refractivity contribution is 6.04. The number of anilines is 1. The van der Waals surface area contributed by atoms with Crippen LogP contribution in [0.4, 0.5) is 5.69 Å². The molecule has 0 bridgehead atoms. The second kappa shape index (κ2) is 12.3. The maximum absolute atomic E-state index is 12.6. The van der Waals surface area contributed by atoms with Gasteiger partial charge >= 0.3 is 5.97 Å². The van der Waals surface area contributed by atoms with Gasteiger partial charge in [-0.15, -0.1) is 0 Å². The number of hydrogen-bond donors (Lipinski definition) is 3. The second-order valence-electron chi connectivity index (χ2n) is 10.0. The van der Waals surface area contributed by atoms with Crippen LogP contribution in [0, 0.1) is 0 Å². The minimum absolute atomic E-state index is 0.00495. The van der Waals surface area contributed by atoms with Crippen molar-refractivity contribution < 1.29 is 23.9 Å². The average Bonchev–Trinajstić information content (AvgIpc) is 3.35. The lowest BCUT2D eigenvalue weighted by Crippen LogP contribution is -2.33. The summed E-state index contributed by atoms with van der Waals surface area (Å²) in [6.07, 6.45) is 4.05. The molecule has 36 heavy (non-hydrogen) atoms. The molecule has 3 amide bonds. The van der Waals surface area contributed by atoms with E-state index in [0.29, 0.717) is 16.8 Å². The summed E-state index contributed by atoms with van der Waals surface area (Å²) in [7, 11) is 0. The molecule has 0 atom stereocenters. The van der Waals surface area contributed by atoms with Gasteiger partial charge in [0, 0.05) is 18.2 Å². The van der Waals surface area contributed by atoms with Gasteiger partial charge < -0.3 is 20.7 Å². The Kier molecular flexibility index (Phi) is 9.22. The summed E-state index contributed by atoms with van der Waals surface area (Å²) >= 11 is 0. The van der Waals surface area contributed by atoms with Crippen LogP contribution in [0.5, 0.6) is 0 Å². The highest BCUT2D eigenvalue weighted by atomic mass is 16.5. The second-order valence-corrected chi connectivity index (χ2v) is 10.0. The van der Waals surface area contributed by atoms with Gasteiger partial charge in [-0.05, 0) is 48.1 Å². The molecule has 2 aromatic rings. The number of carbonyl (C=O) groups is 4.